The molecule has 0 aromatic heterocycles. The van der Waals surface area contributed by atoms with E-state index < -0.39 is 18.1 Å². The molecule has 8 heteroatoms. The molecule has 1 amide bonds. The molecule has 1 aliphatic carbocycles. The largest absolute Gasteiger partial charge is 0.480 e. The predicted octanol–water partition coefficient (Wildman–Crippen LogP) is 4.32. The molecule has 188 valence electrons. The molecule has 3 atom stereocenters. The van der Waals surface area contributed by atoms with Crippen LogP contribution in [0.15, 0.2) is 48.5 Å². The third-order valence-corrected chi connectivity index (χ3v) is 6.41. The maximum absolute atomic E-state index is 12.4. The first-order valence-electron chi connectivity index (χ1n) is 12.2. The van der Waals surface area contributed by atoms with Crippen LogP contribution in [0.25, 0.3) is 11.1 Å². The van der Waals surface area contributed by atoms with Gasteiger partial charge < -0.3 is 29.4 Å². The van der Waals surface area contributed by atoms with E-state index in [0.29, 0.717) is 13.0 Å². The van der Waals surface area contributed by atoms with Gasteiger partial charge in [0.05, 0.1) is 12.7 Å². The number of carboxylic acid groups (broad SMARTS) is 1. The van der Waals surface area contributed by atoms with Crippen molar-refractivity contribution in [1.29, 1.82) is 0 Å². The Labute approximate surface area is 205 Å². The molecule has 8 nitrogen and oxygen atoms in total. The Morgan fingerprint density at radius 1 is 1.09 bits per heavy atom. The number of carbonyl (C=O) groups excluding carboxylic acids is 1. The molecule has 4 rings (SSSR count). The lowest BCUT2D eigenvalue weighted by Crippen LogP contribution is -2.44. The highest BCUT2D eigenvalue weighted by atomic mass is 16.7. The number of fused-ring (bicyclic) bond motifs is 3. The Kier molecular flexibility index (Phi) is 8.74. The number of hydrogen-bond donors (Lipinski definition) is 2. The minimum Gasteiger partial charge on any atom is -0.480 e. The predicted molar refractivity (Wildman–Crippen MR) is 129 cm³/mol. The highest BCUT2D eigenvalue weighted by Crippen LogP contribution is 2.44. The Morgan fingerprint density at radius 2 is 1.77 bits per heavy atom. The molecule has 2 N–H and O–H groups in total. The molecule has 1 heterocycles. The van der Waals surface area contributed by atoms with E-state index in [1.54, 1.807) is 0 Å². The van der Waals surface area contributed by atoms with Crippen molar-refractivity contribution in [1.82, 2.24) is 5.32 Å². The van der Waals surface area contributed by atoms with Gasteiger partial charge in [0.15, 0.2) is 12.3 Å². The van der Waals surface area contributed by atoms with Gasteiger partial charge in [-0.2, -0.15) is 0 Å². The Balaban J connectivity index is 1.22. The number of carbonyl (C=O) groups is 2. The lowest BCUT2D eigenvalue weighted by Gasteiger charge is -2.26. The summed E-state index contributed by atoms with van der Waals surface area (Å²) in [4.78, 5) is 24.0. The fourth-order valence-electron chi connectivity index (χ4n) is 4.55. The van der Waals surface area contributed by atoms with Crippen LogP contribution in [0.5, 0.6) is 0 Å². The molecule has 1 fully saturated rings. The van der Waals surface area contributed by atoms with Gasteiger partial charge in [-0.15, -0.1) is 0 Å². The zero-order chi connectivity index (χ0) is 24.6. The fraction of sp³-hybridized carbons (Fsp3) is 0.481. The zero-order valence-electron chi connectivity index (χ0n) is 20.0. The monoisotopic (exact) mass is 483 g/mol. The van der Waals surface area contributed by atoms with E-state index in [-0.39, 0.29) is 31.5 Å². The summed E-state index contributed by atoms with van der Waals surface area (Å²) in [5.74, 6) is -1.28. The first-order chi connectivity index (χ1) is 17.0. The van der Waals surface area contributed by atoms with E-state index in [0.717, 1.165) is 48.1 Å². The fourth-order valence-corrected chi connectivity index (χ4v) is 4.55. The second-order valence-corrected chi connectivity index (χ2v) is 8.97. The maximum Gasteiger partial charge on any atom is 0.407 e. The van der Waals surface area contributed by atoms with Crippen LogP contribution < -0.4 is 5.32 Å². The van der Waals surface area contributed by atoms with Gasteiger partial charge in [-0.1, -0.05) is 48.5 Å². The third kappa shape index (κ3) is 6.60. The summed E-state index contributed by atoms with van der Waals surface area (Å²) >= 11 is 0. The maximum atomic E-state index is 12.4. The summed E-state index contributed by atoms with van der Waals surface area (Å²) in [7, 11) is 0. The van der Waals surface area contributed by atoms with Gasteiger partial charge in [0.2, 0.25) is 0 Å². The number of hydrogen-bond acceptors (Lipinski definition) is 6. The second kappa shape index (κ2) is 12.2. The molecule has 0 spiro atoms. The van der Waals surface area contributed by atoms with Crippen LogP contribution in [0.2, 0.25) is 0 Å². The summed E-state index contributed by atoms with van der Waals surface area (Å²) in [6.45, 7) is 2.92. The highest BCUT2D eigenvalue weighted by Gasteiger charge is 2.30. The van der Waals surface area contributed by atoms with Crippen LogP contribution in [-0.2, 0) is 23.7 Å². The van der Waals surface area contributed by atoms with Gasteiger partial charge in [-0.3, -0.25) is 0 Å². The Morgan fingerprint density at radius 3 is 2.40 bits per heavy atom. The number of ether oxygens (including phenoxy) is 4. The van der Waals surface area contributed by atoms with E-state index in [9.17, 15) is 14.7 Å². The second-order valence-electron chi connectivity index (χ2n) is 8.97. The topological polar surface area (TPSA) is 103 Å². The van der Waals surface area contributed by atoms with Crippen molar-refractivity contribution < 1.29 is 33.6 Å². The van der Waals surface area contributed by atoms with Gasteiger partial charge in [-0.25, -0.2) is 9.59 Å². The first kappa shape index (κ1) is 25.2. The van der Waals surface area contributed by atoms with E-state index in [1.807, 2.05) is 43.3 Å². The average molecular weight is 484 g/mol. The molecule has 1 saturated heterocycles. The van der Waals surface area contributed by atoms with Crippen LogP contribution >= 0.6 is 0 Å². The molecule has 1 aliphatic heterocycles. The zero-order valence-corrected chi connectivity index (χ0v) is 20.0. The van der Waals surface area contributed by atoms with Crippen molar-refractivity contribution in [2.24, 2.45) is 0 Å². The molecular formula is C27H33NO7. The van der Waals surface area contributed by atoms with Gasteiger partial charge in [0.1, 0.15) is 6.61 Å². The lowest BCUT2D eigenvalue weighted by atomic mass is 9.98. The number of amides is 1. The van der Waals surface area contributed by atoms with Crippen molar-refractivity contribution in [3.8, 4) is 11.1 Å². The molecule has 2 aromatic carbocycles. The number of aliphatic carboxylic acids is 1. The minimum absolute atomic E-state index is 0.0727. The van der Waals surface area contributed by atoms with Gasteiger partial charge >= 0.3 is 12.1 Å². The quantitative estimate of drug-likeness (QED) is 0.459. The molecule has 2 aliphatic rings. The molecule has 2 aromatic rings. The van der Waals surface area contributed by atoms with Crippen LogP contribution in [-0.4, -0.2) is 62.0 Å². The highest BCUT2D eigenvalue weighted by molar-refractivity contribution is 5.81. The van der Waals surface area contributed by atoms with Crippen molar-refractivity contribution in [2.75, 3.05) is 26.4 Å². The van der Waals surface area contributed by atoms with Crippen molar-refractivity contribution >= 4 is 12.1 Å². The SMILES string of the molecule is CC(CCOCC(NC(=O)OCC1c2ccccc2-c2ccccc21)C(=O)O)OC1CCCCO1. The lowest BCUT2D eigenvalue weighted by molar-refractivity contribution is -0.187. The van der Waals surface area contributed by atoms with Crippen molar-refractivity contribution in [3.05, 3.63) is 59.7 Å². The van der Waals surface area contributed by atoms with Crippen LogP contribution in [0.3, 0.4) is 0 Å². The number of rotatable bonds is 11. The van der Waals surface area contributed by atoms with Gasteiger partial charge in [0.25, 0.3) is 0 Å². The number of alkyl carbamates (subject to hydrolysis) is 1. The average Bonchev–Trinajstić information content (AvgIpc) is 3.19. The van der Waals surface area contributed by atoms with Crippen molar-refractivity contribution in [2.45, 2.75) is 57.0 Å². The van der Waals surface area contributed by atoms with E-state index in [1.165, 1.54) is 0 Å². The van der Waals surface area contributed by atoms with Crippen LogP contribution in [0.4, 0.5) is 4.79 Å². The minimum atomic E-state index is -1.21. The molecule has 3 unspecified atom stereocenters. The summed E-state index contributed by atoms with van der Waals surface area (Å²) in [5, 5.41) is 11.9. The van der Waals surface area contributed by atoms with Gasteiger partial charge in [0, 0.05) is 19.1 Å². The molecule has 0 bridgehead atoms. The van der Waals surface area contributed by atoms with E-state index in [4.69, 9.17) is 18.9 Å². The van der Waals surface area contributed by atoms with Gasteiger partial charge in [-0.05, 0) is 54.9 Å². The number of nitrogens with one attached hydrogen (secondary N) is 1. The molecular weight excluding hydrogens is 450 g/mol. The normalized spacial score (nSPS) is 18.8. The Bertz CT molecular complexity index is 959. The van der Waals surface area contributed by atoms with E-state index in [2.05, 4.69) is 17.4 Å². The van der Waals surface area contributed by atoms with E-state index >= 15 is 0 Å². The van der Waals surface area contributed by atoms with Crippen LogP contribution in [0.1, 0.15) is 49.7 Å². The summed E-state index contributed by atoms with van der Waals surface area (Å²) in [6.07, 6.45) is 2.60. The molecule has 35 heavy (non-hydrogen) atoms. The summed E-state index contributed by atoms with van der Waals surface area (Å²) < 4.78 is 22.4. The van der Waals surface area contributed by atoms with Crippen molar-refractivity contribution in [3.63, 3.8) is 0 Å². The molecule has 0 saturated carbocycles. The smallest absolute Gasteiger partial charge is 0.407 e. The Hall–Kier alpha value is -2.94. The summed E-state index contributed by atoms with van der Waals surface area (Å²) in [5.41, 5.74) is 4.44. The standard InChI is InChI=1S/C27H33NO7/c1-18(35-25-12-6-7-14-33-25)13-15-32-17-24(26(29)30)28-27(31)34-16-23-21-10-4-2-8-19(21)20-9-3-5-11-22(20)23/h2-5,8-11,18,23-25H,6-7,12-17H2,1H3,(H,28,31)(H,29,30). The molecule has 0 radical (unpaired) electrons. The number of benzene rings is 2. The van der Waals surface area contributed by atoms with Crippen LogP contribution in [0, 0.1) is 0 Å². The summed E-state index contributed by atoms with van der Waals surface area (Å²) in [6, 6.07) is 14.9. The number of carboxylic acids is 1. The first-order valence-corrected chi connectivity index (χ1v) is 12.2. The third-order valence-electron chi connectivity index (χ3n) is 6.41.